The fraction of sp³-hybridized carbons (Fsp3) is 0.538. The number of fused-ring (bicyclic) bond motifs is 1. The Kier molecular flexibility index (Phi) is 9.74. The van der Waals surface area contributed by atoms with E-state index < -0.39 is 49.0 Å². The summed E-state index contributed by atoms with van der Waals surface area (Å²) in [5.41, 5.74) is -1.58. The molecule has 0 aliphatic carbocycles. The number of hydrogen-bond donors (Lipinski definition) is 2. The zero-order chi connectivity index (χ0) is 29.8. The number of thioether (sulfide) groups is 1. The SMILES string of the molecule is Cc1ccn([C@@H]2O[C@H](COP(=O)(NCc3ccccc3)OCCSC(=O)C(C)(C)CO)[C@H]3OC(=O)O[C@]32C)c(=O)n1. The molecule has 3 heterocycles. The summed E-state index contributed by atoms with van der Waals surface area (Å²) >= 11 is 0.954. The number of rotatable bonds is 13. The summed E-state index contributed by atoms with van der Waals surface area (Å²) in [6, 6.07) is 10.8. The lowest BCUT2D eigenvalue weighted by Gasteiger charge is -2.26. The highest BCUT2D eigenvalue weighted by Crippen LogP contribution is 2.49. The number of benzene rings is 1. The van der Waals surface area contributed by atoms with E-state index in [1.807, 2.05) is 30.3 Å². The van der Waals surface area contributed by atoms with E-state index in [0.717, 1.165) is 17.3 Å². The third-order valence-corrected chi connectivity index (χ3v) is 9.44. The number of aryl methyl sites for hydroxylation is 1. The maximum atomic E-state index is 13.8. The lowest BCUT2D eigenvalue weighted by molar-refractivity contribution is -0.119. The first-order chi connectivity index (χ1) is 19.4. The Bertz CT molecular complexity index is 1360. The molecule has 4 rings (SSSR count). The van der Waals surface area contributed by atoms with Crippen LogP contribution in [0.3, 0.4) is 0 Å². The van der Waals surface area contributed by atoms with Crippen LogP contribution in [0, 0.1) is 12.3 Å². The highest BCUT2D eigenvalue weighted by Gasteiger charge is 2.64. The van der Waals surface area contributed by atoms with Crippen molar-refractivity contribution in [3.63, 3.8) is 0 Å². The molecule has 0 amide bonds. The van der Waals surface area contributed by atoms with Crippen molar-refractivity contribution in [2.75, 3.05) is 25.6 Å². The molecule has 2 fully saturated rings. The van der Waals surface area contributed by atoms with Crippen molar-refractivity contribution in [2.45, 2.75) is 58.3 Å². The number of hydrogen-bond acceptors (Lipinski definition) is 12. The molecule has 2 aromatic rings. The fourth-order valence-corrected chi connectivity index (χ4v) is 6.51. The third kappa shape index (κ3) is 7.26. The minimum atomic E-state index is -3.99. The van der Waals surface area contributed by atoms with Crippen LogP contribution in [-0.2, 0) is 39.2 Å². The molecule has 5 atom stereocenters. The maximum Gasteiger partial charge on any atom is 0.509 e. The van der Waals surface area contributed by atoms with Crippen LogP contribution in [0.5, 0.6) is 0 Å². The summed E-state index contributed by atoms with van der Waals surface area (Å²) in [5.74, 6) is 0.167. The second-order valence-electron chi connectivity index (χ2n) is 10.5. The van der Waals surface area contributed by atoms with Gasteiger partial charge in [-0.25, -0.2) is 19.2 Å². The molecule has 0 radical (unpaired) electrons. The molecule has 0 spiro atoms. The average molecular weight is 612 g/mol. The molecule has 1 aromatic carbocycles. The van der Waals surface area contributed by atoms with Crippen LogP contribution in [0.2, 0.25) is 0 Å². The van der Waals surface area contributed by atoms with Crippen molar-refractivity contribution in [3.8, 4) is 0 Å². The summed E-state index contributed by atoms with van der Waals surface area (Å²) in [5, 5.41) is 12.0. The standard InChI is InChI=1S/C26H34N3O10PS/c1-17-10-11-29(23(32)28-17)21-26(4)20(38-24(33)39-26)19(37-21)15-36-40(34,27-14-18-8-6-5-7-9-18)35-12-13-41-22(31)25(2,3)16-30/h5-11,19-21,30H,12-16H2,1-4H3,(H,27,34)/t19-,20-,21-,26-,40?/m1/s1. The van der Waals surface area contributed by atoms with Gasteiger partial charge >= 0.3 is 19.6 Å². The smallest absolute Gasteiger partial charge is 0.424 e. The van der Waals surface area contributed by atoms with Crippen LogP contribution < -0.4 is 10.8 Å². The monoisotopic (exact) mass is 611 g/mol. The fourth-order valence-electron chi connectivity index (χ4n) is 4.27. The van der Waals surface area contributed by atoms with Crippen molar-refractivity contribution in [1.29, 1.82) is 0 Å². The molecule has 41 heavy (non-hydrogen) atoms. The summed E-state index contributed by atoms with van der Waals surface area (Å²) in [6.07, 6.45) is -2.48. The first kappa shape index (κ1) is 31.4. The highest BCUT2D eigenvalue weighted by atomic mass is 32.2. The normalized spacial score (nSPS) is 25.3. The van der Waals surface area contributed by atoms with Gasteiger partial charge < -0.3 is 19.3 Å². The van der Waals surface area contributed by atoms with Crippen LogP contribution in [-0.4, -0.2) is 69.3 Å². The van der Waals surface area contributed by atoms with E-state index in [-0.39, 0.29) is 37.2 Å². The molecule has 0 bridgehead atoms. The Balaban J connectivity index is 1.47. The van der Waals surface area contributed by atoms with Gasteiger partial charge in [0.2, 0.25) is 0 Å². The Hall–Kier alpha value is -2.58. The van der Waals surface area contributed by atoms with Gasteiger partial charge in [0.25, 0.3) is 0 Å². The molecule has 0 saturated carbocycles. The van der Waals surface area contributed by atoms with E-state index in [9.17, 15) is 24.1 Å². The Morgan fingerprint density at radius 3 is 2.66 bits per heavy atom. The zero-order valence-electron chi connectivity index (χ0n) is 23.2. The molecule has 13 nitrogen and oxygen atoms in total. The molecular weight excluding hydrogens is 577 g/mol. The number of aromatic nitrogens is 2. The van der Waals surface area contributed by atoms with Crippen molar-refractivity contribution in [3.05, 3.63) is 64.3 Å². The van der Waals surface area contributed by atoms with E-state index >= 15 is 0 Å². The molecule has 15 heteroatoms. The van der Waals surface area contributed by atoms with Crippen molar-refractivity contribution in [1.82, 2.24) is 14.6 Å². The van der Waals surface area contributed by atoms with Crippen LogP contribution in [0.25, 0.3) is 0 Å². The molecule has 1 aromatic heterocycles. The van der Waals surface area contributed by atoms with Gasteiger partial charge in [-0.05, 0) is 39.3 Å². The quantitative estimate of drug-likeness (QED) is 0.193. The third-order valence-electron chi connectivity index (χ3n) is 6.70. The van der Waals surface area contributed by atoms with E-state index in [1.165, 1.54) is 10.8 Å². The summed E-state index contributed by atoms with van der Waals surface area (Å²) in [4.78, 5) is 41.0. The molecule has 1 unspecified atom stereocenters. The molecule has 2 saturated heterocycles. The molecule has 2 aliphatic heterocycles. The molecular formula is C26H34N3O10PS. The van der Waals surface area contributed by atoms with Gasteiger partial charge in [0.15, 0.2) is 23.0 Å². The zero-order valence-corrected chi connectivity index (χ0v) is 24.9. The van der Waals surface area contributed by atoms with Crippen LogP contribution in [0.15, 0.2) is 47.4 Å². The number of carbonyl (C=O) groups excluding carboxylic acids is 2. The van der Waals surface area contributed by atoms with Crippen molar-refractivity contribution < 1.29 is 42.5 Å². The van der Waals surface area contributed by atoms with Gasteiger partial charge in [0.05, 0.1) is 25.2 Å². The lowest BCUT2D eigenvalue weighted by atomic mass is 9.96. The van der Waals surface area contributed by atoms with Gasteiger partial charge in [-0.15, -0.1) is 0 Å². The van der Waals surface area contributed by atoms with Gasteiger partial charge in [0, 0.05) is 24.2 Å². The Morgan fingerprint density at radius 2 is 1.98 bits per heavy atom. The molecule has 224 valence electrons. The minimum absolute atomic E-state index is 0.102. The van der Waals surface area contributed by atoms with Crippen LogP contribution in [0.1, 0.15) is 38.3 Å². The molecule has 2 N–H and O–H groups in total. The van der Waals surface area contributed by atoms with E-state index in [2.05, 4.69) is 10.1 Å². The number of aliphatic hydroxyl groups excluding tert-OH is 1. The lowest BCUT2D eigenvalue weighted by Crippen LogP contribution is -2.44. The topological polar surface area (TPSA) is 165 Å². The van der Waals surface area contributed by atoms with E-state index in [1.54, 1.807) is 33.8 Å². The average Bonchev–Trinajstić information content (AvgIpc) is 3.38. The second kappa shape index (κ2) is 12.7. The number of nitrogens with one attached hydrogen (secondary N) is 1. The van der Waals surface area contributed by atoms with Gasteiger partial charge in [0.1, 0.15) is 6.10 Å². The van der Waals surface area contributed by atoms with Crippen LogP contribution in [0.4, 0.5) is 4.79 Å². The van der Waals surface area contributed by atoms with E-state index in [0.29, 0.717) is 5.69 Å². The number of nitrogens with zero attached hydrogens (tertiary/aromatic N) is 2. The van der Waals surface area contributed by atoms with Crippen molar-refractivity contribution >= 4 is 30.8 Å². The highest BCUT2D eigenvalue weighted by molar-refractivity contribution is 8.13. The number of ether oxygens (including phenoxy) is 3. The molecule has 2 aliphatic rings. The van der Waals surface area contributed by atoms with Crippen molar-refractivity contribution in [2.24, 2.45) is 5.41 Å². The van der Waals surface area contributed by atoms with Gasteiger partial charge in [-0.3, -0.25) is 18.4 Å². The predicted octanol–water partition coefficient (Wildman–Crippen LogP) is 2.95. The minimum Gasteiger partial charge on any atom is -0.424 e. The summed E-state index contributed by atoms with van der Waals surface area (Å²) in [6.45, 7) is 5.90. The van der Waals surface area contributed by atoms with E-state index in [4.69, 9.17) is 23.3 Å². The maximum absolute atomic E-state index is 13.8. The number of aliphatic hydroxyl groups is 1. The number of carbonyl (C=O) groups is 2. The second-order valence-corrected chi connectivity index (χ2v) is 13.4. The summed E-state index contributed by atoms with van der Waals surface area (Å²) < 4.78 is 43.2. The Morgan fingerprint density at radius 1 is 1.24 bits per heavy atom. The van der Waals surface area contributed by atoms with Gasteiger partial charge in [-0.2, -0.15) is 4.98 Å². The van der Waals surface area contributed by atoms with Crippen LogP contribution >= 0.6 is 19.5 Å². The van der Waals surface area contributed by atoms with Gasteiger partial charge in [-0.1, -0.05) is 42.1 Å². The summed E-state index contributed by atoms with van der Waals surface area (Å²) in [7, 11) is -3.99. The predicted molar refractivity (Wildman–Crippen MR) is 148 cm³/mol. The first-order valence-electron chi connectivity index (χ1n) is 12.9. The largest absolute Gasteiger partial charge is 0.509 e. The Labute approximate surface area is 241 Å². The first-order valence-corrected chi connectivity index (χ1v) is 15.5.